The van der Waals surface area contributed by atoms with Gasteiger partial charge in [-0.25, -0.2) is 17.5 Å². The lowest BCUT2D eigenvalue weighted by Crippen LogP contribution is -2.47. The summed E-state index contributed by atoms with van der Waals surface area (Å²) in [4.78, 5) is 7.37. The van der Waals surface area contributed by atoms with Gasteiger partial charge in [-0.15, -0.1) is 0 Å². The summed E-state index contributed by atoms with van der Waals surface area (Å²) < 4.78 is 39.0. The molecule has 1 fully saturated rings. The lowest BCUT2D eigenvalue weighted by atomic mass is 9.70. The summed E-state index contributed by atoms with van der Waals surface area (Å²) in [7, 11) is -3.90. The third-order valence-corrected chi connectivity index (χ3v) is 6.03. The maximum Gasteiger partial charge on any atom is 0.241 e. The minimum absolute atomic E-state index is 0.0227. The number of hydrogen-bond donors (Lipinski definition) is 1. The molecule has 0 radical (unpaired) electrons. The lowest BCUT2D eigenvalue weighted by Gasteiger charge is -2.45. The second kappa shape index (κ2) is 6.83. The highest BCUT2D eigenvalue weighted by Crippen LogP contribution is 2.47. The predicted molar refractivity (Wildman–Crippen MR) is 110 cm³/mol. The van der Waals surface area contributed by atoms with E-state index < -0.39 is 16.0 Å². The van der Waals surface area contributed by atoms with E-state index in [2.05, 4.69) is 71.9 Å². The van der Waals surface area contributed by atoms with Crippen LogP contribution in [0.1, 0.15) is 68.7 Å². The molecule has 2 aliphatic heterocycles. The summed E-state index contributed by atoms with van der Waals surface area (Å²) >= 11 is 0. The number of halogens is 1. The maximum absolute atomic E-state index is 12.8. The molecule has 1 saturated heterocycles. The van der Waals surface area contributed by atoms with E-state index in [1.165, 1.54) is 5.57 Å². The topological polar surface area (TPSA) is 61.8 Å². The first-order chi connectivity index (χ1) is 12.0. The van der Waals surface area contributed by atoms with Crippen LogP contribution in [0.4, 0.5) is 4.39 Å². The van der Waals surface area contributed by atoms with E-state index in [0.717, 1.165) is 11.5 Å². The third-order valence-electron chi connectivity index (χ3n) is 5.05. The third kappa shape index (κ3) is 4.73. The van der Waals surface area contributed by atoms with E-state index in [0.29, 0.717) is 13.0 Å². The Morgan fingerprint density at radius 1 is 1.07 bits per heavy atom. The van der Waals surface area contributed by atoms with E-state index >= 15 is 0 Å². The number of amidine groups is 1. The van der Waals surface area contributed by atoms with Crippen LogP contribution in [0.2, 0.25) is 0 Å². The van der Waals surface area contributed by atoms with Gasteiger partial charge in [0, 0.05) is 30.1 Å². The largest absolute Gasteiger partial charge is 0.332 e. The molecule has 0 aromatic carbocycles. The van der Waals surface area contributed by atoms with E-state index in [1.54, 1.807) is 0 Å². The smallest absolute Gasteiger partial charge is 0.241 e. The number of nitrogens with one attached hydrogen (secondary N) is 1. The highest BCUT2D eigenvalue weighted by Gasteiger charge is 2.46. The van der Waals surface area contributed by atoms with E-state index in [4.69, 9.17) is 4.99 Å². The highest BCUT2D eigenvalue weighted by molar-refractivity contribution is 7.89. The second-order valence-electron chi connectivity index (χ2n) is 10.9. The Kier molecular flexibility index (Phi) is 5.65. The number of nitrogens with zero attached hydrogens (tertiary/aromatic N) is 2. The van der Waals surface area contributed by atoms with Crippen molar-refractivity contribution in [3.05, 3.63) is 11.3 Å². The molecule has 2 heterocycles. The molecule has 0 saturated carbocycles. The van der Waals surface area contributed by atoms with Crippen LogP contribution in [0.5, 0.6) is 0 Å². The van der Waals surface area contributed by atoms with Crippen LogP contribution >= 0.6 is 0 Å². The van der Waals surface area contributed by atoms with Gasteiger partial charge in [-0.05, 0) is 16.4 Å². The fourth-order valence-electron chi connectivity index (χ4n) is 4.06. The summed E-state index contributed by atoms with van der Waals surface area (Å²) in [5.41, 5.74) is 2.06. The van der Waals surface area contributed by atoms with Crippen molar-refractivity contribution in [3.8, 4) is 0 Å². The molecule has 1 N–H and O–H groups in total. The summed E-state index contributed by atoms with van der Waals surface area (Å²) in [6.45, 7) is 20.0. The number of aliphatic imine (C=N–C) groups is 1. The first-order valence-corrected chi connectivity index (χ1v) is 11.3. The standard InChI is InChI=1S/C20H36FN3O2S/c1-18(2,3)15-14-10-13(23-27(25,26)12-21)11-24(14)17(20(7,8)9)22-16(15)19(4,5)6/h13,16,23H,10-12H2,1-9H3. The molecule has 0 aromatic heterocycles. The molecular weight excluding hydrogens is 365 g/mol. The Morgan fingerprint density at radius 2 is 1.63 bits per heavy atom. The molecule has 2 atom stereocenters. The van der Waals surface area contributed by atoms with Gasteiger partial charge in [0.05, 0.1) is 6.04 Å². The molecule has 2 rings (SSSR count). The lowest BCUT2D eigenvalue weighted by molar-refractivity contribution is 0.285. The van der Waals surface area contributed by atoms with Crippen LogP contribution < -0.4 is 4.72 Å². The van der Waals surface area contributed by atoms with Crippen molar-refractivity contribution in [1.82, 2.24) is 9.62 Å². The quantitative estimate of drug-likeness (QED) is 0.775. The second-order valence-corrected chi connectivity index (χ2v) is 12.6. The van der Waals surface area contributed by atoms with Crippen molar-refractivity contribution >= 4 is 15.9 Å². The average Bonchev–Trinajstić information content (AvgIpc) is 2.83. The van der Waals surface area contributed by atoms with E-state index in [-0.39, 0.29) is 28.3 Å². The molecule has 2 aliphatic rings. The Bertz CT molecular complexity index is 750. The molecule has 2 unspecified atom stereocenters. The van der Waals surface area contributed by atoms with Crippen LogP contribution in [0, 0.1) is 16.2 Å². The minimum atomic E-state index is -3.90. The van der Waals surface area contributed by atoms with Gasteiger partial charge >= 0.3 is 0 Å². The number of hydrogen-bond acceptors (Lipinski definition) is 4. The fourth-order valence-corrected chi connectivity index (χ4v) is 4.78. The van der Waals surface area contributed by atoms with Crippen LogP contribution in [0.15, 0.2) is 16.3 Å². The van der Waals surface area contributed by atoms with Gasteiger partial charge in [-0.2, -0.15) is 0 Å². The first-order valence-electron chi connectivity index (χ1n) is 9.62. The highest BCUT2D eigenvalue weighted by atomic mass is 32.2. The number of sulfonamides is 1. The van der Waals surface area contributed by atoms with Gasteiger partial charge in [0.25, 0.3) is 0 Å². The summed E-state index contributed by atoms with van der Waals surface area (Å²) in [6.07, 6.45) is 0.563. The first kappa shape index (κ1) is 22.3. The van der Waals surface area contributed by atoms with Crippen LogP contribution in [-0.4, -0.2) is 43.8 Å². The van der Waals surface area contributed by atoms with Crippen molar-refractivity contribution in [3.63, 3.8) is 0 Å². The van der Waals surface area contributed by atoms with Gasteiger partial charge in [-0.3, -0.25) is 4.99 Å². The van der Waals surface area contributed by atoms with Gasteiger partial charge in [0.1, 0.15) is 5.84 Å². The predicted octanol–water partition coefficient (Wildman–Crippen LogP) is 4.08. The maximum atomic E-state index is 12.8. The SMILES string of the molecule is CC(C)(C)C1=NC(C(C)(C)C)C(C(C)(C)C)=C2CC(NS(=O)(=O)CF)CN12. The average molecular weight is 402 g/mol. The zero-order valence-corrected chi connectivity index (χ0v) is 19.1. The molecule has 156 valence electrons. The van der Waals surface area contributed by atoms with Gasteiger partial charge in [-0.1, -0.05) is 62.3 Å². The molecule has 27 heavy (non-hydrogen) atoms. The molecular formula is C20H36FN3O2S. The van der Waals surface area contributed by atoms with Crippen LogP contribution in [0.25, 0.3) is 0 Å². The molecule has 0 amide bonds. The van der Waals surface area contributed by atoms with Crippen molar-refractivity contribution in [1.29, 1.82) is 0 Å². The number of rotatable bonds is 3. The Morgan fingerprint density at radius 3 is 2.04 bits per heavy atom. The summed E-state index contributed by atoms with van der Waals surface area (Å²) in [5.74, 6) is 0.979. The van der Waals surface area contributed by atoms with Gasteiger partial charge < -0.3 is 4.90 Å². The number of alkyl halides is 1. The Hall–Kier alpha value is -0.950. The van der Waals surface area contributed by atoms with Gasteiger partial charge in [0.15, 0.2) is 0 Å². The Balaban J connectivity index is 2.61. The molecule has 7 heteroatoms. The Labute approximate surface area is 164 Å². The van der Waals surface area contributed by atoms with Crippen LogP contribution in [0.3, 0.4) is 0 Å². The molecule has 5 nitrogen and oxygen atoms in total. The van der Waals surface area contributed by atoms with E-state index in [1.807, 2.05) is 0 Å². The van der Waals surface area contributed by atoms with Crippen molar-refractivity contribution in [2.24, 2.45) is 21.2 Å². The summed E-state index contributed by atoms with van der Waals surface area (Å²) in [5, 5.41) is 0. The van der Waals surface area contributed by atoms with Crippen molar-refractivity contribution in [2.45, 2.75) is 80.8 Å². The van der Waals surface area contributed by atoms with Crippen molar-refractivity contribution in [2.75, 3.05) is 12.6 Å². The normalized spacial score (nSPS) is 25.0. The zero-order chi connectivity index (χ0) is 21.0. The fraction of sp³-hybridized carbons (Fsp3) is 0.850. The monoisotopic (exact) mass is 401 g/mol. The molecule has 0 aliphatic carbocycles. The summed E-state index contributed by atoms with van der Waals surface area (Å²) in [6, 6.07) is -1.71. The van der Waals surface area contributed by atoms with Crippen LogP contribution in [-0.2, 0) is 10.0 Å². The molecule has 0 aromatic rings. The zero-order valence-electron chi connectivity index (χ0n) is 18.3. The molecule has 0 spiro atoms. The molecule has 0 bridgehead atoms. The van der Waals surface area contributed by atoms with Gasteiger partial charge in [0.2, 0.25) is 16.0 Å². The minimum Gasteiger partial charge on any atom is -0.332 e. The number of fused-ring (bicyclic) bond motifs is 1. The van der Waals surface area contributed by atoms with Crippen molar-refractivity contribution < 1.29 is 12.8 Å². The van der Waals surface area contributed by atoms with E-state index in [9.17, 15) is 12.8 Å².